The number of hydrogen-bond acceptors (Lipinski definition) is 2. The van der Waals surface area contributed by atoms with Gasteiger partial charge in [-0.1, -0.05) is 28.4 Å². The Hall–Kier alpha value is -0.940. The Balaban J connectivity index is 2.00. The summed E-state index contributed by atoms with van der Waals surface area (Å²) < 4.78 is 14.6. The largest absolute Gasteiger partial charge is 0.481 e. The predicted octanol–water partition coefficient (Wildman–Crippen LogP) is 3.88. The second-order valence-corrected chi connectivity index (χ2v) is 6.37. The van der Waals surface area contributed by atoms with Crippen LogP contribution in [0.2, 0.25) is 0 Å². The van der Waals surface area contributed by atoms with Crippen LogP contribution in [-0.4, -0.2) is 17.1 Å². The van der Waals surface area contributed by atoms with Gasteiger partial charge < -0.3 is 10.4 Å². The first kappa shape index (κ1) is 15.4. The molecule has 1 aromatic rings. The van der Waals surface area contributed by atoms with E-state index in [-0.39, 0.29) is 23.8 Å². The van der Waals surface area contributed by atoms with Crippen LogP contribution in [0.4, 0.5) is 4.39 Å². The van der Waals surface area contributed by atoms with Crippen molar-refractivity contribution in [2.45, 2.75) is 44.7 Å². The molecule has 1 fully saturated rings. The molecule has 0 spiro atoms. The van der Waals surface area contributed by atoms with Gasteiger partial charge in [-0.2, -0.15) is 0 Å². The molecule has 1 aliphatic rings. The van der Waals surface area contributed by atoms with Gasteiger partial charge in [-0.25, -0.2) is 4.39 Å². The van der Waals surface area contributed by atoms with E-state index in [0.29, 0.717) is 12.0 Å². The van der Waals surface area contributed by atoms with E-state index in [2.05, 4.69) is 21.2 Å². The predicted molar refractivity (Wildman–Crippen MR) is 79.0 cm³/mol. The fourth-order valence-corrected chi connectivity index (χ4v) is 3.19. The van der Waals surface area contributed by atoms with E-state index in [1.165, 1.54) is 6.07 Å². The standard InChI is InChI=1S/C15H19BrFNO2/c1-9(13-6-5-11(16)8-14(13)17)18-12-4-2-3-10(7-12)15(19)20/h5-6,8-10,12,18H,2-4,7H2,1H3,(H,19,20). The molecule has 5 heteroatoms. The Kier molecular flexibility index (Phi) is 5.16. The summed E-state index contributed by atoms with van der Waals surface area (Å²) in [6.07, 6.45) is 3.22. The zero-order valence-corrected chi connectivity index (χ0v) is 13.0. The molecule has 3 atom stereocenters. The smallest absolute Gasteiger partial charge is 0.306 e. The number of carbonyl (C=O) groups is 1. The number of carboxylic acids is 1. The molecule has 0 saturated heterocycles. The Morgan fingerprint density at radius 1 is 1.50 bits per heavy atom. The summed E-state index contributed by atoms with van der Waals surface area (Å²) in [4.78, 5) is 11.1. The molecular formula is C15H19BrFNO2. The number of halogens is 2. The molecule has 0 radical (unpaired) electrons. The van der Waals surface area contributed by atoms with Crippen LogP contribution in [0.15, 0.2) is 22.7 Å². The minimum absolute atomic E-state index is 0.124. The molecule has 0 aliphatic heterocycles. The first-order valence-corrected chi connectivity index (χ1v) is 7.70. The van der Waals surface area contributed by atoms with E-state index in [1.807, 2.05) is 13.0 Å². The molecule has 110 valence electrons. The van der Waals surface area contributed by atoms with Crippen molar-refractivity contribution < 1.29 is 14.3 Å². The topological polar surface area (TPSA) is 49.3 Å². The molecule has 3 nitrogen and oxygen atoms in total. The second kappa shape index (κ2) is 6.68. The molecule has 0 heterocycles. The Morgan fingerprint density at radius 2 is 2.25 bits per heavy atom. The molecule has 0 bridgehead atoms. The molecule has 20 heavy (non-hydrogen) atoms. The van der Waals surface area contributed by atoms with Gasteiger partial charge in [-0.15, -0.1) is 0 Å². The van der Waals surface area contributed by atoms with E-state index in [0.717, 1.165) is 23.7 Å². The van der Waals surface area contributed by atoms with Crippen LogP contribution in [0.5, 0.6) is 0 Å². The van der Waals surface area contributed by atoms with E-state index >= 15 is 0 Å². The van der Waals surface area contributed by atoms with Crippen LogP contribution in [0.3, 0.4) is 0 Å². The average molecular weight is 344 g/mol. The highest BCUT2D eigenvalue weighted by Gasteiger charge is 2.28. The lowest BCUT2D eigenvalue weighted by molar-refractivity contribution is -0.143. The third-order valence-electron chi connectivity index (χ3n) is 3.94. The van der Waals surface area contributed by atoms with Crippen molar-refractivity contribution in [2.75, 3.05) is 0 Å². The summed E-state index contributed by atoms with van der Waals surface area (Å²) in [5.74, 6) is -1.24. The van der Waals surface area contributed by atoms with Crippen LogP contribution in [0.1, 0.15) is 44.2 Å². The maximum Gasteiger partial charge on any atom is 0.306 e. The SMILES string of the molecule is CC(NC1CCCC(C(=O)O)C1)c1ccc(Br)cc1F. The average Bonchev–Trinajstić information content (AvgIpc) is 2.38. The molecule has 1 aliphatic carbocycles. The number of rotatable bonds is 4. The van der Waals surface area contributed by atoms with Crippen molar-refractivity contribution in [3.63, 3.8) is 0 Å². The Bertz CT molecular complexity index is 495. The number of carboxylic acid groups (broad SMARTS) is 1. The quantitative estimate of drug-likeness (QED) is 0.871. The summed E-state index contributed by atoms with van der Waals surface area (Å²) in [6.45, 7) is 1.91. The van der Waals surface area contributed by atoms with Gasteiger partial charge in [0.2, 0.25) is 0 Å². The maximum atomic E-state index is 13.9. The van der Waals surface area contributed by atoms with E-state index in [4.69, 9.17) is 5.11 Å². The van der Waals surface area contributed by atoms with Crippen molar-refractivity contribution in [1.82, 2.24) is 5.32 Å². The zero-order chi connectivity index (χ0) is 14.7. The highest BCUT2D eigenvalue weighted by molar-refractivity contribution is 9.10. The number of benzene rings is 1. The van der Waals surface area contributed by atoms with Gasteiger partial charge in [-0.05, 0) is 38.3 Å². The summed E-state index contributed by atoms with van der Waals surface area (Å²) >= 11 is 3.24. The summed E-state index contributed by atoms with van der Waals surface area (Å²) in [7, 11) is 0. The minimum atomic E-state index is -0.723. The highest BCUT2D eigenvalue weighted by Crippen LogP contribution is 2.27. The van der Waals surface area contributed by atoms with Crippen LogP contribution < -0.4 is 5.32 Å². The van der Waals surface area contributed by atoms with E-state index in [9.17, 15) is 9.18 Å². The first-order chi connectivity index (χ1) is 9.47. The highest BCUT2D eigenvalue weighted by atomic mass is 79.9. The fourth-order valence-electron chi connectivity index (χ4n) is 2.86. The van der Waals surface area contributed by atoms with Gasteiger partial charge in [0.1, 0.15) is 5.82 Å². The van der Waals surface area contributed by atoms with Gasteiger partial charge in [0.05, 0.1) is 5.92 Å². The Morgan fingerprint density at radius 3 is 2.90 bits per heavy atom. The van der Waals surface area contributed by atoms with Crippen LogP contribution in [-0.2, 0) is 4.79 Å². The number of hydrogen-bond donors (Lipinski definition) is 2. The van der Waals surface area contributed by atoms with Crippen molar-refractivity contribution >= 4 is 21.9 Å². The van der Waals surface area contributed by atoms with Crippen molar-refractivity contribution in [3.05, 3.63) is 34.1 Å². The lowest BCUT2D eigenvalue weighted by atomic mass is 9.85. The molecule has 1 aromatic carbocycles. The molecule has 1 saturated carbocycles. The summed E-state index contributed by atoms with van der Waals surface area (Å²) in [5, 5.41) is 12.5. The third kappa shape index (κ3) is 3.79. The summed E-state index contributed by atoms with van der Waals surface area (Å²) in [5.41, 5.74) is 0.616. The second-order valence-electron chi connectivity index (χ2n) is 5.45. The van der Waals surface area contributed by atoms with E-state index < -0.39 is 5.97 Å². The summed E-state index contributed by atoms with van der Waals surface area (Å²) in [6, 6.07) is 5.05. The molecule has 2 N–H and O–H groups in total. The van der Waals surface area contributed by atoms with Crippen LogP contribution >= 0.6 is 15.9 Å². The van der Waals surface area contributed by atoms with Gasteiger partial charge in [0.15, 0.2) is 0 Å². The zero-order valence-electron chi connectivity index (χ0n) is 11.4. The van der Waals surface area contributed by atoms with Crippen LogP contribution in [0.25, 0.3) is 0 Å². The first-order valence-electron chi connectivity index (χ1n) is 6.91. The maximum absolute atomic E-state index is 13.9. The number of aliphatic carboxylic acids is 1. The lowest BCUT2D eigenvalue weighted by Crippen LogP contribution is -2.38. The van der Waals surface area contributed by atoms with Crippen molar-refractivity contribution in [3.8, 4) is 0 Å². The molecule has 0 aromatic heterocycles. The Labute approximate surface area is 126 Å². The monoisotopic (exact) mass is 343 g/mol. The molecular weight excluding hydrogens is 325 g/mol. The van der Waals surface area contributed by atoms with Gasteiger partial charge in [0, 0.05) is 22.1 Å². The molecule has 3 unspecified atom stereocenters. The van der Waals surface area contributed by atoms with E-state index in [1.54, 1.807) is 6.07 Å². The number of nitrogens with one attached hydrogen (secondary N) is 1. The minimum Gasteiger partial charge on any atom is -0.481 e. The third-order valence-corrected chi connectivity index (χ3v) is 4.43. The van der Waals surface area contributed by atoms with Crippen LogP contribution in [0, 0.1) is 11.7 Å². The fraction of sp³-hybridized carbons (Fsp3) is 0.533. The normalized spacial score (nSPS) is 24.4. The molecule has 2 rings (SSSR count). The van der Waals surface area contributed by atoms with Crippen molar-refractivity contribution in [2.24, 2.45) is 5.92 Å². The van der Waals surface area contributed by atoms with Gasteiger partial charge >= 0.3 is 5.97 Å². The lowest BCUT2D eigenvalue weighted by Gasteiger charge is -2.30. The van der Waals surface area contributed by atoms with Crippen molar-refractivity contribution in [1.29, 1.82) is 0 Å². The van der Waals surface area contributed by atoms with Gasteiger partial charge in [-0.3, -0.25) is 4.79 Å². The van der Waals surface area contributed by atoms with Gasteiger partial charge in [0.25, 0.3) is 0 Å². The molecule has 0 amide bonds.